The number of rotatable bonds is 4. The molecule has 0 radical (unpaired) electrons. The second kappa shape index (κ2) is 8.40. The van der Waals surface area contributed by atoms with Crippen LogP contribution >= 0.6 is 17.2 Å². The van der Waals surface area contributed by atoms with Gasteiger partial charge in [-0.2, -0.15) is 0 Å². The molecule has 2 heterocycles. The summed E-state index contributed by atoms with van der Waals surface area (Å²) in [4.78, 5) is 10.3. The minimum absolute atomic E-state index is 0.537. The Hall–Kier alpha value is -3.18. The zero-order valence-corrected chi connectivity index (χ0v) is 19.3. The second-order valence-electron chi connectivity index (χ2n) is 7.75. The molecule has 0 saturated heterocycles. The van der Waals surface area contributed by atoms with Gasteiger partial charge in [0.15, 0.2) is 0 Å². The zero-order chi connectivity index (χ0) is 21.3. The van der Waals surface area contributed by atoms with E-state index < -0.39 is 0 Å². The Morgan fingerprint density at radius 3 is 1.28 bits per heavy atom. The Balaban J connectivity index is 1.53. The molecule has 0 bridgehead atoms. The average Bonchev–Trinajstić information content (AvgIpc) is 2.85. The summed E-state index contributed by atoms with van der Waals surface area (Å²) in [5.74, 6) is 0. The summed E-state index contributed by atoms with van der Waals surface area (Å²) in [7, 11) is 1.07. The quantitative estimate of drug-likeness (QED) is 0.275. The van der Waals surface area contributed by atoms with Crippen molar-refractivity contribution in [3.05, 3.63) is 109 Å². The molecule has 152 valence electrons. The third-order valence-electron chi connectivity index (χ3n) is 5.59. The van der Waals surface area contributed by atoms with E-state index in [2.05, 4.69) is 109 Å². The summed E-state index contributed by atoms with van der Waals surface area (Å²) >= 11 is 0. The van der Waals surface area contributed by atoms with Gasteiger partial charge in [-0.25, -0.2) is 9.97 Å². The Labute approximate surface area is 190 Å². The van der Waals surface area contributed by atoms with E-state index in [1.54, 1.807) is 0 Å². The van der Waals surface area contributed by atoms with Gasteiger partial charge in [-0.15, -0.1) is 0 Å². The van der Waals surface area contributed by atoms with E-state index in [0.717, 1.165) is 38.1 Å². The zero-order valence-electron chi connectivity index (χ0n) is 17.3. The van der Waals surface area contributed by atoms with E-state index in [4.69, 9.17) is 9.97 Å². The summed E-state index contributed by atoms with van der Waals surface area (Å²) < 4.78 is 0. The number of pyridine rings is 2. The van der Waals surface area contributed by atoms with Gasteiger partial charge in [0.2, 0.25) is 0 Å². The Morgan fingerprint density at radius 2 is 0.812 bits per heavy atom. The van der Waals surface area contributed by atoms with Crippen LogP contribution in [0.2, 0.25) is 0 Å². The molecule has 0 spiro atoms. The maximum atomic E-state index is 5.14. The van der Waals surface area contributed by atoms with Crippen molar-refractivity contribution in [2.75, 3.05) is 0 Å². The first-order valence-corrected chi connectivity index (χ1v) is 12.6. The number of benzene rings is 4. The second-order valence-corrected chi connectivity index (χ2v) is 10.4. The molecule has 2 nitrogen and oxygen atoms in total. The Morgan fingerprint density at radius 1 is 0.406 bits per heavy atom. The number of hydrogen-bond acceptors (Lipinski definition) is 2. The van der Waals surface area contributed by atoms with Gasteiger partial charge >= 0.3 is 0 Å². The minimum Gasteiger partial charge on any atom is -0.247 e. The fourth-order valence-electron chi connectivity index (χ4n) is 4.05. The maximum Gasteiger partial charge on any atom is 0.0809 e. The molecule has 0 saturated carbocycles. The average molecular weight is 446 g/mol. The van der Waals surface area contributed by atoms with Crippen molar-refractivity contribution < 1.29 is 0 Å². The molecule has 4 aromatic carbocycles. The van der Waals surface area contributed by atoms with Gasteiger partial charge in [-0.05, 0) is 45.3 Å². The predicted molar refractivity (Wildman–Crippen MR) is 143 cm³/mol. The van der Waals surface area contributed by atoms with Crippen LogP contribution in [0.4, 0.5) is 0 Å². The van der Waals surface area contributed by atoms with Crippen molar-refractivity contribution in [3.8, 4) is 0 Å². The first kappa shape index (κ1) is 19.5. The lowest BCUT2D eigenvalue weighted by Crippen LogP contribution is -2.08. The topological polar surface area (TPSA) is 25.8 Å². The normalized spacial score (nSPS) is 12.1. The minimum atomic E-state index is 0.537. The van der Waals surface area contributed by atoms with E-state index in [9.17, 15) is 0 Å². The van der Waals surface area contributed by atoms with Crippen LogP contribution < -0.4 is 21.5 Å². The highest BCUT2D eigenvalue weighted by Gasteiger charge is 2.10. The van der Waals surface area contributed by atoms with Crippen LogP contribution in [0.1, 0.15) is 0 Å². The molecule has 0 fully saturated rings. The van der Waals surface area contributed by atoms with Crippen molar-refractivity contribution >= 4 is 71.2 Å². The molecule has 0 amide bonds. The van der Waals surface area contributed by atoms with E-state index in [1.165, 1.54) is 16.0 Å². The molecule has 6 rings (SSSR count). The molecule has 32 heavy (non-hydrogen) atoms. The monoisotopic (exact) mass is 446 g/mol. The molecule has 6 aromatic rings. The van der Waals surface area contributed by atoms with Gasteiger partial charge in [-0.1, -0.05) is 97.1 Å². The lowest BCUT2D eigenvalue weighted by Gasteiger charge is -2.10. The molecular weight excluding hydrogens is 426 g/mol. The van der Waals surface area contributed by atoms with Crippen LogP contribution in [0.15, 0.2) is 109 Å². The summed E-state index contributed by atoms with van der Waals surface area (Å²) in [6.45, 7) is 0. The van der Waals surface area contributed by atoms with Gasteiger partial charge < -0.3 is 0 Å². The van der Waals surface area contributed by atoms with Crippen LogP contribution in [0.25, 0.3) is 32.6 Å². The van der Waals surface area contributed by atoms with E-state index >= 15 is 0 Å². The summed E-state index contributed by atoms with van der Waals surface area (Å²) in [6.07, 6.45) is 0. The van der Waals surface area contributed by atoms with E-state index in [-0.39, 0.29) is 0 Å². The van der Waals surface area contributed by atoms with Crippen molar-refractivity contribution in [2.24, 2.45) is 0 Å². The van der Waals surface area contributed by atoms with Crippen LogP contribution in [0.3, 0.4) is 0 Å². The highest BCUT2D eigenvalue weighted by Crippen LogP contribution is 2.30. The first-order valence-electron chi connectivity index (χ1n) is 10.6. The highest BCUT2D eigenvalue weighted by atomic mass is 31.1. The molecule has 4 heteroatoms. The summed E-state index contributed by atoms with van der Waals surface area (Å²) in [6, 6.07) is 38.5. The molecule has 2 unspecified atom stereocenters. The lowest BCUT2D eigenvalue weighted by molar-refractivity contribution is 1.48. The maximum absolute atomic E-state index is 5.14. The molecular formula is C28H20N2P2. The lowest BCUT2D eigenvalue weighted by atomic mass is 10.0. The molecule has 2 aromatic heterocycles. The first-order chi connectivity index (χ1) is 15.8. The standard InChI is InChI=1S/C28H20N2P2/c1-3-7-22(8-4-1)31-24-17-15-20-13-11-19-12-14-21-16-18-25(32-23-9-5-2-6-10-23)30-28(21)26(19)27(20)29-24/h1-18,31-32H. The number of nitrogens with zero attached hydrogens (tertiary/aromatic N) is 2. The Kier molecular flexibility index (Phi) is 5.12. The van der Waals surface area contributed by atoms with Gasteiger partial charge in [0, 0.05) is 16.2 Å². The number of aromatic nitrogens is 2. The van der Waals surface area contributed by atoms with Crippen LogP contribution in [0.5, 0.6) is 0 Å². The fraction of sp³-hybridized carbons (Fsp3) is 0. The van der Waals surface area contributed by atoms with Crippen molar-refractivity contribution in [1.82, 2.24) is 9.97 Å². The Bertz CT molecular complexity index is 1450. The largest absolute Gasteiger partial charge is 0.247 e. The van der Waals surface area contributed by atoms with Crippen LogP contribution in [-0.2, 0) is 0 Å². The fourth-order valence-corrected chi connectivity index (χ4v) is 6.03. The van der Waals surface area contributed by atoms with Crippen molar-refractivity contribution in [1.29, 1.82) is 0 Å². The summed E-state index contributed by atoms with van der Waals surface area (Å²) in [5.41, 5.74) is 4.30. The molecule has 0 aliphatic rings. The van der Waals surface area contributed by atoms with Gasteiger partial charge in [0.1, 0.15) is 0 Å². The van der Waals surface area contributed by atoms with E-state index in [0.29, 0.717) is 17.2 Å². The number of fused-ring (bicyclic) bond motifs is 5. The van der Waals surface area contributed by atoms with Crippen LogP contribution in [0, 0.1) is 0 Å². The van der Waals surface area contributed by atoms with E-state index in [1.807, 2.05) is 0 Å². The smallest absolute Gasteiger partial charge is 0.0809 e. The third kappa shape index (κ3) is 3.78. The SMILES string of the molecule is c1ccc(Pc2ccc3ccc4ccc5ccc(Pc6ccccc6)nc5c4c3n2)cc1. The van der Waals surface area contributed by atoms with Gasteiger partial charge in [-0.3, -0.25) is 0 Å². The predicted octanol–water partition coefficient (Wildman–Crippen LogP) is 5.19. The van der Waals surface area contributed by atoms with Crippen LogP contribution in [-0.4, -0.2) is 9.97 Å². The van der Waals surface area contributed by atoms with Gasteiger partial charge in [0.25, 0.3) is 0 Å². The van der Waals surface area contributed by atoms with Crippen molar-refractivity contribution in [2.45, 2.75) is 0 Å². The molecule has 0 aliphatic heterocycles. The summed E-state index contributed by atoms with van der Waals surface area (Å²) in [5, 5.41) is 7.25. The van der Waals surface area contributed by atoms with Gasteiger partial charge in [0.05, 0.1) is 21.9 Å². The third-order valence-corrected chi connectivity index (χ3v) is 7.91. The molecule has 0 aliphatic carbocycles. The molecule has 0 N–H and O–H groups in total. The number of hydrogen-bond donors (Lipinski definition) is 0. The highest BCUT2D eigenvalue weighted by molar-refractivity contribution is 7.55. The van der Waals surface area contributed by atoms with Crippen molar-refractivity contribution in [3.63, 3.8) is 0 Å². The molecule has 2 atom stereocenters.